The number of hydrogen-bond acceptors (Lipinski definition) is 2. The average Bonchev–Trinajstić information content (AvgIpc) is 2.53. The van der Waals surface area contributed by atoms with E-state index in [1.807, 2.05) is 0 Å². The molecule has 1 rings (SSSR count). The van der Waals surface area contributed by atoms with Crippen molar-refractivity contribution in [2.75, 3.05) is 11.9 Å². The third-order valence-electron chi connectivity index (χ3n) is 1.44. The van der Waals surface area contributed by atoms with Crippen molar-refractivity contribution in [1.29, 1.82) is 0 Å². The van der Waals surface area contributed by atoms with Gasteiger partial charge in [-0.05, 0) is 12.5 Å². The molecule has 12 heavy (non-hydrogen) atoms. The molecule has 0 aliphatic heterocycles. The Balaban J connectivity index is 2.27. The van der Waals surface area contributed by atoms with E-state index in [0.29, 0.717) is 12.8 Å². The number of aromatic nitrogens is 1. The number of carbonyl (C=O) groups is 1. The van der Waals surface area contributed by atoms with Crippen LogP contribution < -0.4 is 5.32 Å². The topological polar surface area (TPSA) is 65.1 Å². The molecule has 0 unspecified atom stereocenters. The van der Waals surface area contributed by atoms with E-state index in [9.17, 15) is 4.79 Å². The van der Waals surface area contributed by atoms with Crippen molar-refractivity contribution < 1.29 is 9.90 Å². The molecule has 3 N–H and O–H groups in total. The van der Waals surface area contributed by atoms with Crippen molar-refractivity contribution in [2.45, 2.75) is 12.8 Å². The van der Waals surface area contributed by atoms with Crippen molar-refractivity contribution in [3.63, 3.8) is 0 Å². The van der Waals surface area contributed by atoms with Crippen molar-refractivity contribution in [3.05, 3.63) is 18.5 Å². The molecule has 0 saturated heterocycles. The highest BCUT2D eigenvalue weighted by Crippen LogP contribution is 2.04. The van der Waals surface area contributed by atoms with Crippen LogP contribution in [0.15, 0.2) is 18.5 Å². The van der Waals surface area contributed by atoms with Gasteiger partial charge in [-0.25, -0.2) is 0 Å². The van der Waals surface area contributed by atoms with Crippen molar-refractivity contribution in [3.8, 4) is 0 Å². The van der Waals surface area contributed by atoms with Gasteiger partial charge in [-0.1, -0.05) is 0 Å². The molecule has 4 heteroatoms. The number of carbonyl (C=O) groups excluding carboxylic acids is 1. The van der Waals surface area contributed by atoms with E-state index < -0.39 is 0 Å². The molecule has 0 saturated carbocycles. The van der Waals surface area contributed by atoms with Gasteiger partial charge in [0.15, 0.2) is 0 Å². The summed E-state index contributed by atoms with van der Waals surface area (Å²) in [5, 5.41) is 11.1. The largest absolute Gasteiger partial charge is 0.396 e. The van der Waals surface area contributed by atoms with E-state index in [0.717, 1.165) is 5.69 Å². The lowest BCUT2D eigenvalue weighted by atomic mass is 10.3. The number of aliphatic hydroxyl groups is 1. The Morgan fingerprint density at radius 3 is 3.08 bits per heavy atom. The highest BCUT2D eigenvalue weighted by atomic mass is 16.3. The van der Waals surface area contributed by atoms with Crippen molar-refractivity contribution >= 4 is 11.6 Å². The smallest absolute Gasteiger partial charge is 0.224 e. The SMILES string of the molecule is O=C(CCCO)Nc1cc[nH]c1. The lowest BCUT2D eigenvalue weighted by Gasteiger charge is -1.99. The number of rotatable bonds is 4. The predicted molar refractivity (Wildman–Crippen MR) is 45.7 cm³/mol. The minimum absolute atomic E-state index is 0.0561. The number of aliphatic hydroxyl groups excluding tert-OH is 1. The first-order valence-corrected chi connectivity index (χ1v) is 3.86. The third kappa shape index (κ3) is 2.75. The summed E-state index contributed by atoms with van der Waals surface area (Å²) < 4.78 is 0. The van der Waals surface area contributed by atoms with E-state index in [4.69, 9.17) is 5.11 Å². The van der Waals surface area contributed by atoms with Crippen LogP contribution in [-0.2, 0) is 4.79 Å². The predicted octanol–water partition coefficient (Wildman–Crippen LogP) is 0.726. The summed E-state index contributed by atoms with van der Waals surface area (Å²) in [4.78, 5) is 13.9. The number of amides is 1. The first kappa shape index (κ1) is 8.80. The van der Waals surface area contributed by atoms with Gasteiger partial charge in [0.2, 0.25) is 5.91 Å². The lowest BCUT2D eigenvalue weighted by molar-refractivity contribution is -0.116. The first-order chi connectivity index (χ1) is 5.83. The van der Waals surface area contributed by atoms with Crippen LogP contribution in [0.2, 0.25) is 0 Å². The second kappa shape index (κ2) is 4.56. The minimum atomic E-state index is -0.0661. The molecule has 66 valence electrons. The molecule has 0 atom stereocenters. The second-order valence-corrected chi connectivity index (χ2v) is 2.48. The first-order valence-electron chi connectivity index (χ1n) is 3.86. The Morgan fingerprint density at radius 1 is 1.67 bits per heavy atom. The summed E-state index contributed by atoms with van der Waals surface area (Å²) in [5.41, 5.74) is 0.762. The fourth-order valence-corrected chi connectivity index (χ4v) is 0.865. The van der Waals surface area contributed by atoms with Crippen LogP contribution in [0.4, 0.5) is 5.69 Å². The molecular formula is C8H12N2O2. The summed E-state index contributed by atoms with van der Waals surface area (Å²) in [7, 11) is 0. The van der Waals surface area contributed by atoms with E-state index in [-0.39, 0.29) is 12.5 Å². The highest BCUT2D eigenvalue weighted by Gasteiger charge is 2.00. The zero-order valence-electron chi connectivity index (χ0n) is 6.71. The average molecular weight is 168 g/mol. The van der Waals surface area contributed by atoms with E-state index in [1.165, 1.54) is 0 Å². The quantitative estimate of drug-likeness (QED) is 0.620. The van der Waals surface area contributed by atoms with Gasteiger partial charge < -0.3 is 15.4 Å². The van der Waals surface area contributed by atoms with Gasteiger partial charge in [0.25, 0.3) is 0 Å². The summed E-state index contributed by atoms with van der Waals surface area (Å²) in [6.45, 7) is 0.0561. The van der Waals surface area contributed by atoms with Gasteiger partial charge in [0, 0.05) is 25.4 Å². The molecule has 0 aliphatic rings. The molecule has 4 nitrogen and oxygen atoms in total. The van der Waals surface area contributed by atoms with Crippen LogP contribution in [0.3, 0.4) is 0 Å². The van der Waals surface area contributed by atoms with Gasteiger partial charge in [-0.3, -0.25) is 4.79 Å². The van der Waals surface area contributed by atoms with Crippen molar-refractivity contribution in [1.82, 2.24) is 4.98 Å². The van der Waals surface area contributed by atoms with Crippen LogP contribution in [0.1, 0.15) is 12.8 Å². The fourth-order valence-electron chi connectivity index (χ4n) is 0.865. The molecular weight excluding hydrogens is 156 g/mol. The fraction of sp³-hybridized carbons (Fsp3) is 0.375. The summed E-state index contributed by atoms with van der Waals surface area (Å²) >= 11 is 0. The zero-order valence-corrected chi connectivity index (χ0v) is 6.71. The summed E-state index contributed by atoms with van der Waals surface area (Å²) in [5.74, 6) is -0.0661. The molecule has 1 aromatic heterocycles. The molecule has 0 spiro atoms. The third-order valence-corrected chi connectivity index (χ3v) is 1.44. The molecule has 0 bridgehead atoms. The standard InChI is InChI=1S/C8H12N2O2/c11-5-1-2-8(12)10-7-3-4-9-6-7/h3-4,6,9,11H,1-2,5H2,(H,10,12). The van der Waals surface area contributed by atoms with Crippen LogP contribution in [0.25, 0.3) is 0 Å². The van der Waals surface area contributed by atoms with Crippen LogP contribution in [0.5, 0.6) is 0 Å². The van der Waals surface area contributed by atoms with E-state index in [1.54, 1.807) is 18.5 Å². The maximum atomic E-state index is 11.0. The van der Waals surface area contributed by atoms with Gasteiger partial charge >= 0.3 is 0 Å². The highest BCUT2D eigenvalue weighted by molar-refractivity contribution is 5.90. The number of anilines is 1. The molecule has 0 aromatic carbocycles. The molecule has 0 fully saturated rings. The number of hydrogen-bond donors (Lipinski definition) is 3. The van der Waals surface area contributed by atoms with Gasteiger partial charge in [0.1, 0.15) is 0 Å². The van der Waals surface area contributed by atoms with Gasteiger partial charge in [0.05, 0.1) is 5.69 Å². The maximum absolute atomic E-state index is 11.0. The maximum Gasteiger partial charge on any atom is 0.224 e. The van der Waals surface area contributed by atoms with E-state index in [2.05, 4.69) is 10.3 Å². The normalized spacial score (nSPS) is 9.75. The van der Waals surface area contributed by atoms with Gasteiger partial charge in [-0.15, -0.1) is 0 Å². The lowest BCUT2D eigenvalue weighted by Crippen LogP contribution is -2.10. The second-order valence-electron chi connectivity index (χ2n) is 2.48. The number of nitrogens with one attached hydrogen (secondary N) is 2. The molecule has 1 heterocycles. The van der Waals surface area contributed by atoms with Crippen LogP contribution in [0, 0.1) is 0 Å². The monoisotopic (exact) mass is 168 g/mol. The zero-order chi connectivity index (χ0) is 8.81. The summed E-state index contributed by atoms with van der Waals surface area (Å²) in [6, 6.07) is 1.77. The Bertz CT molecular complexity index is 231. The van der Waals surface area contributed by atoms with E-state index >= 15 is 0 Å². The van der Waals surface area contributed by atoms with Crippen LogP contribution in [-0.4, -0.2) is 22.6 Å². The van der Waals surface area contributed by atoms with Crippen molar-refractivity contribution in [2.24, 2.45) is 0 Å². The van der Waals surface area contributed by atoms with Crippen LogP contribution >= 0.6 is 0 Å². The van der Waals surface area contributed by atoms with Gasteiger partial charge in [-0.2, -0.15) is 0 Å². The molecule has 0 aliphatic carbocycles. The Hall–Kier alpha value is -1.29. The molecule has 1 amide bonds. The number of aromatic amines is 1. The Labute approximate surface area is 70.6 Å². The molecule has 0 radical (unpaired) electrons. The number of H-pyrrole nitrogens is 1. The minimum Gasteiger partial charge on any atom is -0.396 e. The Kier molecular flexibility index (Phi) is 3.35. The molecule has 1 aromatic rings. The summed E-state index contributed by atoms with van der Waals surface area (Å²) in [6.07, 6.45) is 4.32. The Morgan fingerprint density at radius 2 is 2.50 bits per heavy atom.